The molecule has 0 spiro atoms. The maximum absolute atomic E-state index is 13.8. The van der Waals surface area contributed by atoms with E-state index in [4.69, 9.17) is 9.47 Å². The quantitative estimate of drug-likeness (QED) is 0.450. The molecule has 0 aliphatic carbocycles. The van der Waals surface area contributed by atoms with Crippen molar-refractivity contribution in [2.75, 3.05) is 6.61 Å². The molecule has 142 valence electrons. The summed E-state index contributed by atoms with van der Waals surface area (Å²) >= 11 is 0. The molecular formula is C22H17F2NO3. The topological polar surface area (TPSA) is 39.9 Å². The van der Waals surface area contributed by atoms with Crippen LogP contribution in [0, 0.1) is 11.6 Å². The van der Waals surface area contributed by atoms with Crippen LogP contribution >= 0.6 is 0 Å². The van der Waals surface area contributed by atoms with Crippen LogP contribution in [-0.4, -0.2) is 17.0 Å². The summed E-state index contributed by atoms with van der Waals surface area (Å²) in [6.07, 6.45) is 1.84. The number of fused-ring (bicyclic) bond motifs is 3. The molecule has 0 radical (unpaired) electrons. The molecule has 2 heterocycles. The summed E-state index contributed by atoms with van der Waals surface area (Å²) in [5.74, 6) is -0.959. The fourth-order valence-corrected chi connectivity index (χ4v) is 3.24. The van der Waals surface area contributed by atoms with Gasteiger partial charge in [-0.15, -0.1) is 0 Å². The van der Waals surface area contributed by atoms with E-state index in [0.717, 1.165) is 34.6 Å². The van der Waals surface area contributed by atoms with Gasteiger partial charge < -0.3 is 13.9 Å². The van der Waals surface area contributed by atoms with E-state index in [0.29, 0.717) is 11.3 Å². The van der Waals surface area contributed by atoms with Crippen LogP contribution in [0.3, 0.4) is 0 Å². The van der Waals surface area contributed by atoms with E-state index in [1.165, 1.54) is 0 Å². The molecular weight excluding hydrogens is 364 g/mol. The van der Waals surface area contributed by atoms with Crippen LogP contribution in [0.5, 0.6) is 5.75 Å². The largest absolute Gasteiger partial charge is 0.489 e. The van der Waals surface area contributed by atoms with Gasteiger partial charge in [-0.1, -0.05) is 6.07 Å². The molecule has 0 N–H and O–H groups in total. The highest BCUT2D eigenvalue weighted by atomic mass is 19.1. The van der Waals surface area contributed by atoms with Crippen molar-refractivity contribution in [2.45, 2.75) is 13.5 Å². The number of carbonyl (C=O) groups is 1. The van der Waals surface area contributed by atoms with Crippen molar-refractivity contribution in [1.82, 2.24) is 4.40 Å². The Morgan fingerprint density at radius 2 is 1.89 bits per heavy atom. The van der Waals surface area contributed by atoms with Crippen molar-refractivity contribution < 1.29 is 23.0 Å². The normalized spacial score (nSPS) is 11.1. The first kappa shape index (κ1) is 18.0. The summed E-state index contributed by atoms with van der Waals surface area (Å²) in [6.45, 7) is 1.93. The van der Waals surface area contributed by atoms with E-state index >= 15 is 0 Å². The molecule has 4 aromatic rings. The van der Waals surface area contributed by atoms with E-state index in [1.54, 1.807) is 25.1 Å². The van der Waals surface area contributed by atoms with E-state index < -0.39 is 17.6 Å². The first-order valence-corrected chi connectivity index (χ1v) is 8.85. The predicted octanol–water partition coefficient (Wildman–Crippen LogP) is 5.13. The van der Waals surface area contributed by atoms with Gasteiger partial charge in [0.05, 0.1) is 23.2 Å². The zero-order valence-electron chi connectivity index (χ0n) is 15.1. The van der Waals surface area contributed by atoms with Gasteiger partial charge in [-0.3, -0.25) is 0 Å². The molecule has 2 aromatic heterocycles. The monoisotopic (exact) mass is 381 g/mol. The minimum atomic E-state index is -0.528. The standard InChI is InChI=1S/C22H17F2NO3/c1-2-27-22(26)21-17-8-7-16(12-20(17)25-10-4-3-5-19(21)25)28-13-14-11-15(23)6-9-18(14)24/h3-12H,2,13H2,1H3. The highest BCUT2D eigenvalue weighted by molar-refractivity contribution is 6.11. The number of pyridine rings is 1. The van der Waals surface area contributed by atoms with Crippen LogP contribution in [0.2, 0.25) is 0 Å². The number of hydrogen-bond acceptors (Lipinski definition) is 3. The second kappa shape index (κ2) is 7.31. The highest BCUT2D eigenvalue weighted by Gasteiger charge is 2.19. The Labute approximate surface area is 159 Å². The number of ether oxygens (including phenoxy) is 2. The summed E-state index contributed by atoms with van der Waals surface area (Å²) < 4.78 is 39.9. The number of carbonyl (C=O) groups excluding carboxylic acids is 1. The highest BCUT2D eigenvalue weighted by Crippen LogP contribution is 2.30. The Kier molecular flexibility index (Phi) is 4.69. The van der Waals surface area contributed by atoms with Crippen molar-refractivity contribution in [3.63, 3.8) is 0 Å². The van der Waals surface area contributed by atoms with Crippen LogP contribution in [0.15, 0.2) is 60.8 Å². The first-order valence-electron chi connectivity index (χ1n) is 8.85. The Morgan fingerprint density at radius 3 is 2.71 bits per heavy atom. The number of hydrogen-bond donors (Lipinski definition) is 0. The van der Waals surface area contributed by atoms with Crippen LogP contribution < -0.4 is 4.74 Å². The van der Waals surface area contributed by atoms with Crippen molar-refractivity contribution in [3.8, 4) is 5.75 Å². The van der Waals surface area contributed by atoms with Gasteiger partial charge in [0, 0.05) is 23.2 Å². The van der Waals surface area contributed by atoms with Gasteiger partial charge in [0.2, 0.25) is 0 Å². The minimum Gasteiger partial charge on any atom is -0.489 e. The number of aromatic nitrogens is 1. The molecule has 0 saturated heterocycles. The third-order valence-corrected chi connectivity index (χ3v) is 4.50. The average molecular weight is 381 g/mol. The number of benzene rings is 2. The molecule has 4 nitrogen and oxygen atoms in total. The zero-order chi connectivity index (χ0) is 19.7. The SMILES string of the molecule is CCOC(=O)c1c2ccc(OCc3cc(F)ccc3F)cc2n2ccccc12. The third-order valence-electron chi connectivity index (χ3n) is 4.50. The number of halogens is 2. The molecule has 0 atom stereocenters. The van der Waals surface area contributed by atoms with Crippen LogP contribution in [0.25, 0.3) is 16.4 Å². The van der Waals surface area contributed by atoms with E-state index in [-0.39, 0.29) is 18.8 Å². The third kappa shape index (κ3) is 3.17. The summed E-state index contributed by atoms with van der Waals surface area (Å²) in [6, 6.07) is 14.0. The lowest BCUT2D eigenvalue weighted by Crippen LogP contribution is -2.04. The van der Waals surface area contributed by atoms with Gasteiger partial charge in [-0.05, 0) is 49.4 Å². The van der Waals surface area contributed by atoms with Crippen molar-refractivity contribution in [1.29, 1.82) is 0 Å². The van der Waals surface area contributed by atoms with Gasteiger partial charge in [-0.2, -0.15) is 0 Å². The van der Waals surface area contributed by atoms with Crippen LogP contribution in [0.1, 0.15) is 22.8 Å². The van der Waals surface area contributed by atoms with Gasteiger partial charge in [0.25, 0.3) is 0 Å². The predicted molar refractivity (Wildman–Crippen MR) is 102 cm³/mol. The van der Waals surface area contributed by atoms with Gasteiger partial charge >= 0.3 is 5.97 Å². The molecule has 0 aliphatic heterocycles. The Morgan fingerprint density at radius 1 is 1.04 bits per heavy atom. The summed E-state index contributed by atoms with van der Waals surface area (Å²) in [4.78, 5) is 12.5. The fourth-order valence-electron chi connectivity index (χ4n) is 3.24. The molecule has 0 bridgehead atoms. The minimum absolute atomic E-state index is 0.108. The summed E-state index contributed by atoms with van der Waals surface area (Å²) in [5.41, 5.74) is 2.10. The molecule has 0 aliphatic rings. The lowest BCUT2D eigenvalue weighted by atomic mass is 10.1. The molecule has 28 heavy (non-hydrogen) atoms. The second-order valence-electron chi connectivity index (χ2n) is 6.25. The molecule has 0 saturated carbocycles. The molecule has 0 unspecified atom stereocenters. The van der Waals surface area contributed by atoms with Crippen LogP contribution in [-0.2, 0) is 11.3 Å². The Hall–Kier alpha value is -3.41. The fraction of sp³-hybridized carbons (Fsp3) is 0.136. The van der Waals surface area contributed by atoms with Crippen LogP contribution in [0.4, 0.5) is 8.78 Å². The van der Waals surface area contributed by atoms with Crippen molar-refractivity contribution >= 4 is 22.4 Å². The lowest BCUT2D eigenvalue weighted by Gasteiger charge is -2.08. The molecule has 6 heteroatoms. The van der Waals surface area contributed by atoms with E-state index in [1.807, 2.05) is 28.8 Å². The maximum Gasteiger partial charge on any atom is 0.340 e. The first-order chi connectivity index (χ1) is 13.6. The average Bonchev–Trinajstić information content (AvgIpc) is 3.03. The lowest BCUT2D eigenvalue weighted by molar-refractivity contribution is 0.0531. The zero-order valence-corrected chi connectivity index (χ0v) is 15.1. The molecule has 0 fully saturated rings. The maximum atomic E-state index is 13.8. The number of nitrogens with zero attached hydrogens (tertiary/aromatic N) is 1. The van der Waals surface area contributed by atoms with E-state index in [2.05, 4.69) is 0 Å². The second-order valence-corrected chi connectivity index (χ2v) is 6.25. The molecule has 4 rings (SSSR count). The smallest absolute Gasteiger partial charge is 0.340 e. The van der Waals surface area contributed by atoms with Gasteiger partial charge in [0.1, 0.15) is 24.0 Å². The Balaban J connectivity index is 1.74. The summed E-state index contributed by atoms with van der Waals surface area (Å²) in [5, 5.41) is 0.730. The molecule has 2 aromatic carbocycles. The van der Waals surface area contributed by atoms with Gasteiger partial charge in [-0.25, -0.2) is 13.6 Å². The van der Waals surface area contributed by atoms with Crippen molar-refractivity contribution in [3.05, 3.63) is 83.6 Å². The number of esters is 1. The van der Waals surface area contributed by atoms with Crippen molar-refractivity contribution in [2.24, 2.45) is 0 Å². The van der Waals surface area contributed by atoms with E-state index in [9.17, 15) is 13.6 Å². The Bertz CT molecular complexity index is 1180. The summed E-state index contributed by atoms with van der Waals surface area (Å²) in [7, 11) is 0. The number of rotatable bonds is 5. The van der Waals surface area contributed by atoms with Gasteiger partial charge in [0.15, 0.2) is 0 Å². The molecule has 0 amide bonds.